The molecule has 5 rings (SSSR count). The fraction of sp³-hybridized carbons (Fsp3) is 0.500. The maximum atomic E-state index is 13.2. The lowest BCUT2D eigenvalue weighted by Crippen LogP contribution is -2.59. The van der Waals surface area contributed by atoms with Crippen LogP contribution in [0.1, 0.15) is 66.9 Å². The zero-order valence-electron chi connectivity index (χ0n) is 20.1. The molecule has 0 spiro atoms. The molecule has 1 N–H and O–H groups in total. The summed E-state index contributed by atoms with van der Waals surface area (Å²) in [5, 5.41) is 10.6. The van der Waals surface area contributed by atoms with E-state index in [1.807, 2.05) is 33.8 Å². The van der Waals surface area contributed by atoms with E-state index in [0.29, 0.717) is 24.2 Å². The van der Waals surface area contributed by atoms with E-state index in [9.17, 15) is 19.2 Å². The Hall–Kier alpha value is -3.60. The SMILES string of the molecule is CC1CN(C(=O)c2cn(-c3ccc4c(c3)CN(C3CCC(=O)NC3=O)C4=O)nn2)C(C)C(C)(C)O1. The highest BCUT2D eigenvalue weighted by molar-refractivity contribution is 6.05. The summed E-state index contributed by atoms with van der Waals surface area (Å²) in [5.41, 5.74) is 1.65. The van der Waals surface area contributed by atoms with Gasteiger partial charge in [0.1, 0.15) is 6.04 Å². The topological polar surface area (TPSA) is 127 Å². The lowest BCUT2D eigenvalue weighted by atomic mass is 9.95. The molecule has 11 nitrogen and oxygen atoms in total. The van der Waals surface area contributed by atoms with Crippen molar-refractivity contribution < 1.29 is 23.9 Å². The number of nitrogens with one attached hydrogen (secondary N) is 1. The van der Waals surface area contributed by atoms with Crippen LogP contribution in [0.25, 0.3) is 5.69 Å². The van der Waals surface area contributed by atoms with E-state index in [2.05, 4.69) is 15.6 Å². The number of rotatable bonds is 3. The predicted octanol–water partition coefficient (Wildman–Crippen LogP) is 1.06. The molecule has 0 aliphatic carbocycles. The van der Waals surface area contributed by atoms with E-state index < -0.39 is 17.6 Å². The number of hydrogen-bond acceptors (Lipinski definition) is 7. The first-order valence-corrected chi connectivity index (χ1v) is 11.7. The number of hydrogen-bond donors (Lipinski definition) is 1. The van der Waals surface area contributed by atoms with Crippen LogP contribution in [0.4, 0.5) is 0 Å². The van der Waals surface area contributed by atoms with Crippen LogP contribution in [0, 0.1) is 0 Å². The van der Waals surface area contributed by atoms with Crippen molar-refractivity contribution in [3.05, 3.63) is 41.2 Å². The molecule has 184 valence electrons. The predicted molar refractivity (Wildman–Crippen MR) is 123 cm³/mol. The highest BCUT2D eigenvalue weighted by atomic mass is 16.5. The molecular formula is C24H28N6O5. The number of morpholine rings is 1. The first kappa shape index (κ1) is 23.2. The van der Waals surface area contributed by atoms with Crippen LogP contribution in [0.5, 0.6) is 0 Å². The quantitative estimate of drug-likeness (QED) is 0.651. The lowest BCUT2D eigenvalue weighted by Gasteiger charge is -2.47. The molecule has 0 saturated carbocycles. The van der Waals surface area contributed by atoms with Gasteiger partial charge in [0.05, 0.1) is 29.6 Å². The Morgan fingerprint density at radius 2 is 1.97 bits per heavy atom. The minimum absolute atomic E-state index is 0.0956. The van der Waals surface area contributed by atoms with E-state index >= 15 is 0 Å². The third kappa shape index (κ3) is 3.99. The van der Waals surface area contributed by atoms with Gasteiger partial charge in [0.25, 0.3) is 11.8 Å². The number of nitrogens with zero attached hydrogens (tertiary/aromatic N) is 5. The molecule has 4 amide bonds. The highest BCUT2D eigenvalue weighted by Gasteiger charge is 2.42. The minimum Gasteiger partial charge on any atom is -0.369 e. The van der Waals surface area contributed by atoms with Gasteiger partial charge in [-0.05, 0) is 57.9 Å². The van der Waals surface area contributed by atoms with Crippen LogP contribution in [0.3, 0.4) is 0 Å². The molecule has 1 aromatic heterocycles. The van der Waals surface area contributed by atoms with Crippen molar-refractivity contribution in [2.24, 2.45) is 0 Å². The number of piperidine rings is 1. The molecule has 0 bridgehead atoms. The highest BCUT2D eigenvalue weighted by Crippen LogP contribution is 2.30. The summed E-state index contributed by atoms with van der Waals surface area (Å²) < 4.78 is 7.49. The number of benzene rings is 1. The van der Waals surface area contributed by atoms with Gasteiger partial charge in [0, 0.05) is 25.1 Å². The van der Waals surface area contributed by atoms with Gasteiger partial charge in [-0.2, -0.15) is 0 Å². The van der Waals surface area contributed by atoms with Gasteiger partial charge < -0.3 is 14.5 Å². The number of ether oxygens (including phenoxy) is 1. The van der Waals surface area contributed by atoms with Crippen molar-refractivity contribution in [3.63, 3.8) is 0 Å². The summed E-state index contributed by atoms with van der Waals surface area (Å²) in [6.45, 7) is 8.55. The Labute approximate surface area is 202 Å². The van der Waals surface area contributed by atoms with E-state index in [1.165, 1.54) is 9.58 Å². The van der Waals surface area contributed by atoms with Crippen molar-refractivity contribution >= 4 is 23.6 Å². The maximum absolute atomic E-state index is 13.2. The number of carbonyl (C=O) groups excluding carboxylic acids is 4. The molecule has 2 saturated heterocycles. The van der Waals surface area contributed by atoms with Gasteiger partial charge in [0.2, 0.25) is 11.8 Å². The molecule has 3 aliphatic rings. The molecule has 2 fully saturated rings. The second kappa shape index (κ2) is 8.26. The molecular weight excluding hydrogens is 452 g/mol. The minimum atomic E-state index is -0.672. The van der Waals surface area contributed by atoms with Crippen molar-refractivity contribution in [2.45, 2.75) is 70.9 Å². The van der Waals surface area contributed by atoms with Gasteiger partial charge in [0.15, 0.2) is 5.69 Å². The van der Waals surface area contributed by atoms with Crippen molar-refractivity contribution in [1.29, 1.82) is 0 Å². The number of carbonyl (C=O) groups is 4. The monoisotopic (exact) mass is 480 g/mol. The lowest BCUT2D eigenvalue weighted by molar-refractivity contribution is -0.147. The summed E-state index contributed by atoms with van der Waals surface area (Å²) >= 11 is 0. The van der Waals surface area contributed by atoms with Crippen LogP contribution in [0.15, 0.2) is 24.4 Å². The van der Waals surface area contributed by atoms with Gasteiger partial charge in [-0.25, -0.2) is 4.68 Å². The average Bonchev–Trinajstić information content (AvgIpc) is 3.41. The third-order valence-corrected chi connectivity index (χ3v) is 7.18. The van der Waals surface area contributed by atoms with Crippen molar-refractivity contribution in [2.75, 3.05) is 6.54 Å². The molecule has 11 heteroatoms. The molecule has 2 aromatic rings. The summed E-state index contributed by atoms with van der Waals surface area (Å²) in [7, 11) is 0. The molecule has 3 atom stereocenters. The van der Waals surface area contributed by atoms with Gasteiger partial charge in [-0.1, -0.05) is 5.21 Å². The zero-order valence-corrected chi connectivity index (χ0v) is 20.1. The van der Waals surface area contributed by atoms with Gasteiger partial charge >= 0.3 is 0 Å². The van der Waals surface area contributed by atoms with Crippen LogP contribution >= 0.6 is 0 Å². The Morgan fingerprint density at radius 1 is 1.20 bits per heavy atom. The molecule has 35 heavy (non-hydrogen) atoms. The first-order valence-electron chi connectivity index (χ1n) is 11.7. The number of imide groups is 1. The molecule has 3 aliphatic heterocycles. The Morgan fingerprint density at radius 3 is 2.71 bits per heavy atom. The first-order chi connectivity index (χ1) is 16.5. The second-order valence-electron chi connectivity index (χ2n) is 9.96. The Kier molecular flexibility index (Phi) is 5.47. The molecule has 1 aromatic carbocycles. The van der Waals surface area contributed by atoms with E-state index in [-0.39, 0.29) is 48.5 Å². The largest absolute Gasteiger partial charge is 0.369 e. The van der Waals surface area contributed by atoms with E-state index in [0.717, 1.165) is 5.56 Å². The fourth-order valence-corrected chi connectivity index (χ4v) is 5.06. The molecule has 3 unspecified atom stereocenters. The zero-order chi connectivity index (χ0) is 25.1. The summed E-state index contributed by atoms with van der Waals surface area (Å²) in [5.74, 6) is -1.23. The van der Waals surface area contributed by atoms with Crippen LogP contribution in [0.2, 0.25) is 0 Å². The molecule has 0 radical (unpaired) electrons. The smallest absolute Gasteiger partial charge is 0.276 e. The van der Waals surface area contributed by atoms with Crippen LogP contribution in [-0.4, -0.2) is 78.8 Å². The summed E-state index contributed by atoms with van der Waals surface area (Å²) in [4.78, 5) is 53.1. The number of amides is 4. The Balaban J connectivity index is 1.35. The molecule has 4 heterocycles. The van der Waals surface area contributed by atoms with Crippen molar-refractivity contribution in [1.82, 2.24) is 30.1 Å². The summed E-state index contributed by atoms with van der Waals surface area (Å²) in [6.07, 6.45) is 2.00. The van der Waals surface area contributed by atoms with E-state index in [4.69, 9.17) is 4.74 Å². The maximum Gasteiger partial charge on any atom is 0.276 e. The van der Waals surface area contributed by atoms with Gasteiger partial charge in [-0.15, -0.1) is 5.10 Å². The normalized spacial score (nSPS) is 26.1. The van der Waals surface area contributed by atoms with E-state index in [1.54, 1.807) is 23.2 Å². The van der Waals surface area contributed by atoms with Crippen molar-refractivity contribution in [3.8, 4) is 5.69 Å². The summed E-state index contributed by atoms with van der Waals surface area (Å²) in [6, 6.07) is 4.42. The number of aromatic nitrogens is 3. The third-order valence-electron chi connectivity index (χ3n) is 7.18. The standard InChI is InChI=1S/C24H28N6O5/c1-13-10-28(14(2)24(3,4)35-13)23(34)18-12-30(27-26-18)16-5-6-17-15(9-16)11-29(22(17)33)19-7-8-20(31)25-21(19)32/h5-6,9,12-14,19H,7-8,10-11H2,1-4H3,(H,25,31,32). The van der Waals surface area contributed by atoms with Crippen LogP contribution in [-0.2, 0) is 20.9 Å². The fourth-order valence-electron chi connectivity index (χ4n) is 5.06. The number of fused-ring (bicyclic) bond motifs is 1. The van der Waals surface area contributed by atoms with Crippen LogP contribution < -0.4 is 5.32 Å². The average molecular weight is 481 g/mol. The van der Waals surface area contributed by atoms with Gasteiger partial charge in [-0.3, -0.25) is 24.5 Å². The second-order valence-corrected chi connectivity index (χ2v) is 9.96. The Bertz CT molecular complexity index is 1240.